The molecule has 1 N–H and O–H groups in total. The number of carbonyl (C=O) groups excluding carboxylic acids is 1. The maximum Gasteiger partial charge on any atom is 0.324 e. The van der Waals surface area contributed by atoms with Gasteiger partial charge >= 0.3 is 5.97 Å². The van der Waals surface area contributed by atoms with Gasteiger partial charge in [0.2, 0.25) is 0 Å². The summed E-state index contributed by atoms with van der Waals surface area (Å²) in [6, 6.07) is 0.283. The quantitative estimate of drug-likeness (QED) is 0.169. The van der Waals surface area contributed by atoms with Crippen molar-refractivity contribution >= 4 is 28.6 Å². The zero-order chi connectivity index (χ0) is 19.9. The number of esters is 1. The predicted molar refractivity (Wildman–Crippen MR) is 120 cm³/mol. The van der Waals surface area contributed by atoms with Crippen LogP contribution in [0.4, 0.5) is 0 Å². The molecule has 1 heterocycles. The Kier molecular flexibility index (Phi) is 4.72. The van der Waals surface area contributed by atoms with Gasteiger partial charge in [0.1, 0.15) is 9.02 Å². The molecule has 4 aliphatic carbocycles. The van der Waals surface area contributed by atoms with Crippen LogP contribution in [0.5, 0.6) is 0 Å². The SMILES string of the molecule is CCC(CC)(CC)C1(OC(=O)C(C)(I)C2CN2)CC2CC1C1C3CCC(C3)C21. The summed E-state index contributed by atoms with van der Waals surface area (Å²) in [5.74, 6) is 5.17. The van der Waals surface area contributed by atoms with E-state index in [4.69, 9.17) is 4.74 Å². The fourth-order valence-corrected chi connectivity index (χ4v) is 9.46. The average Bonchev–Trinajstić information content (AvgIpc) is 3.04. The van der Waals surface area contributed by atoms with Crippen LogP contribution in [-0.2, 0) is 9.53 Å². The summed E-state index contributed by atoms with van der Waals surface area (Å²) < 4.78 is 6.42. The van der Waals surface area contributed by atoms with E-state index in [2.05, 4.69) is 55.6 Å². The van der Waals surface area contributed by atoms with Crippen molar-refractivity contribution in [3.05, 3.63) is 0 Å². The molecule has 158 valence electrons. The van der Waals surface area contributed by atoms with Gasteiger partial charge in [-0.1, -0.05) is 43.4 Å². The fourth-order valence-electron chi connectivity index (χ4n) is 8.91. The first kappa shape index (κ1) is 20.1. The van der Waals surface area contributed by atoms with E-state index < -0.39 is 3.42 Å². The Morgan fingerprint density at radius 2 is 1.68 bits per heavy atom. The van der Waals surface area contributed by atoms with Gasteiger partial charge in [-0.05, 0) is 87.9 Å². The van der Waals surface area contributed by atoms with Crippen molar-refractivity contribution in [1.29, 1.82) is 0 Å². The van der Waals surface area contributed by atoms with Gasteiger partial charge in [-0.3, -0.25) is 4.79 Å². The Bertz CT molecular complexity index is 647. The first-order valence-corrected chi connectivity index (χ1v) is 13.1. The van der Waals surface area contributed by atoms with Gasteiger partial charge in [-0.15, -0.1) is 0 Å². The summed E-state index contributed by atoms with van der Waals surface area (Å²) >= 11 is 2.35. The molecule has 0 spiro atoms. The maximum atomic E-state index is 13.6. The van der Waals surface area contributed by atoms with Gasteiger partial charge < -0.3 is 10.1 Å². The minimum absolute atomic E-state index is 0.0510. The summed E-state index contributed by atoms with van der Waals surface area (Å²) in [5.41, 5.74) is -0.0848. The first-order valence-electron chi connectivity index (χ1n) is 12.0. The van der Waals surface area contributed by atoms with Crippen LogP contribution in [0, 0.1) is 40.9 Å². The van der Waals surface area contributed by atoms with E-state index in [0.29, 0.717) is 5.92 Å². The molecule has 4 heteroatoms. The normalized spacial score (nSPS) is 47.8. The molecule has 9 unspecified atom stereocenters. The smallest absolute Gasteiger partial charge is 0.324 e. The second-order valence-electron chi connectivity index (χ2n) is 11.0. The van der Waals surface area contributed by atoms with Gasteiger partial charge in [-0.25, -0.2) is 0 Å². The highest BCUT2D eigenvalue weighted by Crippen LogP contribution is 2.74. The van der Waals surface area contributed by atoms with Gasteiger partial charge in [0.05, 0.1) is 0 Å². The number of ether oxygens (including phenoxy) is 1. The van der Waals surface area contributed by atoms with Gasteiger partial charge in [0, 0.05) is 23.9 Å². The molecule has 9 atom stereocenters. The number of halogens is 1. The Hall–Kier alpha value is 0.160. The van der Waals surface area contributed by atoms with Gasteiger partial charge in [0.15, 0.2) is 0 Å². The van der Waals surface area contributed by atoms with E-state index in [0.717, 1.165) is 61.8 Å². The van der Waals surface area contributed by atoms with Crippen LogP contribution in [0.15, 0.2) is 0 Å². The van der Waals surface area contributed by atoms with Crippen LogP contribution in [0.3, 0.4) is 0 Å². The van der Waals surface area contributed by atoms with Gasteiger partial charge in [-0.2, -0.15) is 0 Å². The summed E-state index contributed by atoms with van der Waals surface area (Å²) in [6.45, 7) is 10.1. The molecule has 0 amide bonds. The molecule has 28 heavy (non-hydrogen) atoms. The monoisotopic (exact) mass is 499 g/mol. The second-order valence-corrected chi connectivity index (χ2v) is 13.2. The number of hydrogen-bond acceptors (Lipinski definition) is 3. The Balaban J connectivity index is 1.53. The van der Waals surface area contributed by atoms with E-state index in [-0.39, 0.29) is 23.0 Å². The molecule has 0 radical (unpaired) electrons. The third-order valence-corrected chi connectivity index (χ3v) is 11.6. The lowest BCUT2D eigenvalue weighted by Crippen LogP contribution is -2.60. The van der Waals surface area contributed by atoms with Crippen LogP contribution < -0.4 is 5.32 Å². The highest BCUT2D eigenvalue weighted by Gasteiger charge is 2.72. The number of hydrogen-bond donors (Lipinski definition) is 1. The van der Waals surface area contributed by atoms with Crippen molar-refractivity contribution in [2.24, 2.45) is 40.9 Å². The number of rotatable bonds is 7. The molecule has 1 saturated heterocycles. The van der Waals surface area contributed by atoms with Crippen molar-refractivity contribution in [1.82, 2.24) is 5.32 Å². The number of carbonyl (C=O) groups is 1. The molecule has 0 aromatic carbocycles. The van der Waals surface area contributed by atoms with E-state index >= 15 is 0 Å². The van der Waals surface area contributed by atoms with E-state index in [1.807, 2.05) is 0 Å². The largest absolute Gasteiger partial charge is 0.457 e. The molecular weight excluding hydrogens is 461 g/mol. The average molecular weight is 499 g/mol. The van der Waals surface area contributed by atoms with Crippen molar-refractivity contribution < 1.29 is 9.53 Å². The van der Waals surface area contributed by atoms with Crippen molar-refractivity contribution in [3.63, 3.8) is 0 Å². The lowest BCUT2D eigenvalue weighted by atomic mass is 9.54. The molecule has 0 aromatic rings. The minimum atomic E-state index is -0.443. The van der Waals surface area contributed by atoms with Gasteiger partial charge in [0.25, 0.3) is 0 Å². The van der Waals surface area contributed by atoms with E-state index in [1.165, 1.54) is 25.7 Å². The molecule has 5 aliphatic rings. The van der Waals surface area contributed by atoms with Crippen LogP contribution in [0.1, 0.15) is 79.1 Å². The molecule has 3 nitrogen and oxygen atoms in total. The molecule has 5 fully saturated rings. The molecule has 4 saturated carbocycles. The van der Waals surface area contributed by atoms with Crippen molar-refractivity contribution in [2.45, 2.75) is 94.1 Å². The molecule has 4 bridgehead atoms. The van der Waals surface area contributed by atoms with Crippen LogP contribution in [0.25, 0.3) is 0 Å². The highest BCUT2D eigenvalue weighted by molar-refractivity contribution is 14.1. The third-order valence-electron chi connectivity index (χ3n) is 10.4. The second kappa shape index (κ2) is 6.58. The lowest BCUT2D eigenvalue weighted by molar-refractivity contribution is -0.206. The zero-order valence-electron chi connectivity index (χ0n) is 18.1. The molecule has 5 rings (SSSR count). The summed E-state index contributed by atoms with van der Waals surface area (Å²) in [4.78, 5) is 13.6. The maximum absolute atomic E-state index is 13.6. The Morgan fingerprint density at radius 1 is 1.07 bits per heavy atom. The Labute approximate surface area is 184 Å². The summed E-state index contributed by atoms with van der Waals surface area (Å²) in [6.07, 6.45) is 10.2. The van der Waals surface area contributed by atoms with Crippen LogP contribution in [-0.4, -0.2) is 27.6 Å². The minimum Gasteiger partial charge on any atom is -0.457 e. The van der Waals surface area contributed by atoms with Crippen LogP contribution in [0.2, 0.25) is 0 Å². The summed E-state index contributed by atoms with van der Waals surface area (Å²) in [5, 5.41) is 3.36. The third kappa shape index (κ3) is 2.45. The zero-order valence-corrected chi connectivity index (χ0v) is 20.3. The number of fused-ring (bicyclic) bond motifs is 9. The lowest BCUT2D eigenvalue weighted by Gasteiger charge is -2.56. The predicted octanol–water partition coefficient (Wildman–Crippen LogP) is 5.35. The highest BCUT2D eigenvalue weighted by atomic mass is 127. The van der Waals surface area contributed by atoms with Crippen molar-refractivity contribution in [3.8, 4) is 0 Å². The molecular formula is C24H38INO2. The fraction of sp³-hybridized carbons (Fsp3) is 0.958. The number of alkyl halides is 1. The Morgan fingerprint density at radius 3 is 2.25 bits per heavy atom. The van der Waals surface area contributed by atoms with Crippen LogP contribution >= 0.6 is 22.6 Å². The molecule has 1 aliphatic heterocycles. The van der Waals surface area contributed by atoms with Crippen molar-refractivity contribution in [2.75, 3.05) is 6.54 Å². The standard InChI is InChI=1S/C24H38INO2/c1-5-23(6-2,7-3)24(28-21(27)22(4,25)18-13-26-18)12-16-11-17(24)20-15-9-8-14(10-15)19(16)20/h14-20,26H,5-13H2,1-4H3. The summed E-state index contributed by atoms with van der Waals surface area (Å²) in [7, 11) is 0. The topological polar surface area (TPSA) is 48.2 Å². The first-order chi connectivity index (χ1) is 13.3. The van der Waals surface area contributed by atoms with E-state index in [1.54, 1.807) is 0 Å². The number of nitrogens with one attached hydrogen (secondary N) is 1. The molecule has 0 aromatic heterocycles. The van der Waals surface area contributed by atoms with E-state index in [9.17, 15) is 4.79 Å².